The smallest absolute Gasteiger partial charge is 0.174 e. The van der Waals surface area contributed by atoms with Crippen molar-refractivity contribution in [1.29, 1.82) is 0 Å². The highest BCUT2D eigenvalue weighted by molar-refractivity contribution is 7.98. The molecule has 1 aromatic rings. The number of rotatable bonds is 4. The molecule has 0 fully saturated rings. The fourth-order valence-corrected chi connectivity index (χ4v) is 2.15. The van der Waals surface area contributed by atoms with Crippen LogP contribution in [0, 0.1) is 0 Å². The third-order valence-electron chi connectivity index (χ3n) is 2.36. The van der Waals surface area contributed by atoms with Gasteiger partial charge in [-0.25, -0.2) is 0 Å². The lowest BCUT2D eigenvalue weighted by molar-refractivity contribution is 0.0750. The molecule has 0 heterocycles. The van der Waals surface area contributed by atoms with E-state index >= 15 is 0 Å². The lowest BCUT2D eigenvalue weighted by Crippen LogP contribution is -2.17. The highest BCUT2D eigenvalue weighted by Crippen LogP contribution is 2.42. The summed E-state index contributed by atoms with van der Waals surface area (Å²) in [4.78, 5) is 0.993. The van der Waals surface area contributed by atoms with Gasteiger partial charge in [-0.2, -0.15) is 0 Å². The fraction of sp³-hybridized carbons (Fsp3) is 0.500. The van der Waals surface area contributed by atoms with Crippen molar-refractivity contribution in [1.82, 2.24) is 0 Å². The minimum atomic E-state index is -0.949. The van der Waals surface area contributed by atoms with Crippen molar-refractivity contribution in [3.8, 4) is 11.5 Å². The fourth-order valence-electron chi connectivity index (χ4n) is 1.58. The number of hydrogen-bond donors (Lipinski definition) is 1. The van der Waals surface area contributed by atoms with Gasteiger partial charge in [0.2, 0.25) is 0 Å². The SMILES string of the molecule is COc1c(SC)ccc(C(C)(C)O)c1OC. The van der Waals surface area contributed by atoms with Crippen LogP contribution in [-0.2, 0) is 5.60 Å². The Bertz CT molecular complexity index is 369. The Morgan fingerprint density at radius 2 is 1.69 bits per heavy atom. The van der Waals surface area contributed by atoms with Gasteiger partial charge in [0.05, 0.1) is 24.7 Å². The number of methoxy groups -OCH3 is 2. The first-order chi connectivity index (χ1) is 7.45. The van der Waals surface area contributed by atoms with Crippen LogP contribution in [-0.4, -0.2) is 25.6 Å². The first-order valence-corrected chi connectivity index (χ1v) is 6.20. The molecule has 1 rings (SSSR count). The van der Waals surface area contributed by atoms with Crippen LogP contribution >= 0.6 is 11.8 Å². The minimum absolute atomic E-state index is 0.599. The molecule has 0 aliphatic carbocycles. The van der Waals surface area contributed by atoms with Crippen molar-refractivity contribution in [3.63, 3.8) is 0 Å². The summed E-state index contributed by atoms with van der Waals surface area (Å²) in [6.07, 6.45) is 1.97. The lowest BCUT2D eigenvalue weighted by Gasteiger charge is -2.23. The van der Waals surface area contributed by atoms with E-state index in [1.807, 2.05) is 18.4 Å². The molecule has 3 nitrogen and oxygen atoms in total. The summed E-state index contributed by atoms with van der Waals surface area (Å²) >= 11 is 1.58. The molecule has 90 valence electrons. The highest BCUT2D eigenvalue weighted by atomic mass is 32.2. The molecule has 4 heteroatoms. The van der Waals surface area contributed by atoms with E-state index in [0.717, 1.165) is 10.5 Å². The molecule has 0 unspecified atom stereocenters. The summed E-state index contributed by atoms with van der Waals surface area (Å²) in [7, 11) is 3.18. The van der Waals surface area contributed by atoms with E-state index in [9.17, 15) is 5.11 Å². The van der Waals surface area contributed by atoms with Gasteiger partial charge in [-0.15, -0.1) is 11.8 Å². The predicted molar refractivity (Wildman–Crippen MR) is 66.6 cm³/mol. The molecule has 1 aromatic carbocycles. The largest absolute Gasteiger partial charge is 0.492 e. The molecule has 0 saturated carbocycles. The summed E-state index contributed by atoms with van der Waals surface area (Å²) in [6, 6.07) is 3.80. The van der Waals surface area contributed by atoms with Crippen molar-refractivity contribution < 1.29 is 14.6 Å². The van der Waals surface area contributed by atoms with E-state index in [1.165, 1.54) is 0 Å². The summed E-state index contributed by atoms with van der Waals surface area (Å²) in [5.41, 5.74) is -0.222. The van der Waals surface area contributed by atoms with Crippen LogP contribution in [0.4, 0.5) is 0 Å². The van der Waals surface area contributed by atoms with Crippen LogP contribution in [0.15, 0.2) is 17.0 Å². The van der Waals surface area contributed by atoms with Gasteiger partial charge < -0.3 is 14.6 Å². The molecule has 0 aliphatic heterocycles. The van der Waals surface area contributed by atoms with Crippen LogP contribution in [0.2, 0.25) is 0 Å². The Morgan fingerprint density at radius 1 is 1.12 bits per heavy atom. The van der Waals surface area contributed by atoms with Gasteiger partial charge in [0.1, 0.15) is 0 Å². The zero-order valence-electron chi connectivity index (χ0n) is 10.3. The lowest BCUT2D eigenvalue weighted by atomic mass is 9.97. The average Bonchev–Trinajstić information content (AvgIpc) is 2.25. The first kappa shape index (κ1) is 13.2. The quantitative estimate of drug-likeness (QED) is 0.824. The molecule has 0 aromatic heterocycles. The van der Waals surface area contributed by atoms with Crippen LogP contribution in [0.3, 0.4) is 0 Å². The Morgan fingerprint density at radius 3 is 2.06 bits per heavy atom. The summed E-state index contributed by atoms with van der Waals surface area (Å²) in [5.74, 6) is 1.27. The summed E-state index contributed by atoms with van der Waals surface area (Å²) < 4.78 is 10.7. The number of aliphatic hydroxyl groups is 1. The molecule has 0 radical (unpaired) electrons. The third kappa shape index (κ3) is 2.44. The first-order valence-electron chi connectivity index (χ1n) is 4.97. The number of ether oxygens (including phenoxy) is 2. The van der Waals surface area contributed by atoms with Crippen LogP contribution in [0.5, 0.6) is 11.5 Å². The van der Waals surface area contributed by atoms with E-state index < -0.39 is 5.60 Å². The minimum Gasteiger partial charge on any atom is -0.492 e. The van der Waals surface area contributed by atoms with Crippen LogP contribution in [0.25, 0.3) is 0 Å². The van der Waals surface area contributed by atoms with Crippen molar-refractivity contribution in [2.75, 3.05) is 20.5 Å². The maximum Gasteiger partial charge on any atom is 0.174 e. The van der Waals surface area contributed by atoms with E-state index in [2.05, 4.69) is 0 Å². The van der Waals surface area contributed by atoms with Crippen LogP contribution in [0.1, 0.15) is 19.4 Å². The molecule has 0 atom stereocenters. The Kier molecular flexibility index (Phi) is 4.10. The number of benzene rings is 1. The molecule has 0 aliphatic rings. The molecule has 1 N–H and O–H groups in total. The van der Waals surface area contributed by atoms with Crippen molar-refractivity contribution in [3.05, 3.63) is 17.7 Å². The second-order valence-corrected chi connectivity index (χ2v) is 4.79. The van der Waals surface area contributed by atoms with Gasteiger partial charge in [-0.3, -0.25) is 0 Å². The van der Waals surface area contributed by atoms with Gasteiger partial charge in [-0.05, 0) is 26.2 Å². The zero-order chi connectivity index (χ0) is 12.3. The van der Waals surface area contributed by atoms with E-state index in [0.29, 0.717) is 11.5 Å². The zero-order valence-corrected chi connectivity index (χ0v) is 11.1. The molecular weight excluding hydrogens is 224 g/mol. The average molecular weight is 242 g/mol. The Labute approximate surface area is 101 Å². The molecular formula is C12H18O3S. The third-order valence-corrected chi connectivity index (χ3v) is 3.12. The molecule has 0 amide bonds. The molecule has 0 saturated heterocycles. The predicted octanol–water partition coefficient (Wildman–Crippen LogP) is 2.65. The van der Waals surface area contributed by atoms with E-state index in [4.69, 9.17) is 9.47 Å². The summed E-state index contributed by atoms with van der Waals surface area (Å²) in [6.45, 7) is 3.45. The Balaban J connectivity index is 3.43. The molecule has 0 spiro atoms. The van der Waals surface area contributed by atoms with Gasteiger partial charge in [0, 0.05) is 5.56 Å². The van der Waals surface area contributed by atoms with Crippen molar-refractivity contribution in [2.24, 2.45) is 0 Å². The molecule has 0 bridgehead atoms. The van der Waals surface area contributed by atoms with Crippen LogP contribution < -0.4 is 9.47 Å². The second kappa shape index (κ2) is 4.97. The second-order valence-electron chi connectivity index (χ2n) is 3.94. The summed E-state index contributed by atoms with van der Waals surface area (Å²) in [5, 5.41) is 10.0. The monoisotopic (exact) mass is 242 g/mol. The van der Waals surface area contributed by atoms with Gasteiger partial charge in [0.25, 0.3) is 0 Å². The van der Waals surface area contributed by atoms with Crippen molar-refractivity contribution in [2.45, 2.75) is 24.3 Å². The normalized spacial score (nSPS) is 11.4. The van der Waals surface area contributed by atoms with Crippen molar-refractivity contribution >= 4 is 11.8 Å². The Hall–Kier alpha value is -0.870. The van der Waals surface area contributed by atoms with Gasteiger partial charge in [-0.1, -0.05) is 6.07 Å². The topological polar surface area (TPSA) is 38.7 Å². The standard InChI is InChI=1S/C12H18O3S/c1-12(2,13)8-6-7-9(16-5)11(15-4)10(8)14-3/h6-7,13H,1-5H3. The number of thioether (sulfide) groups is 1. The highest BCUT2D eigenvalue weighted by Gasteiger charge is 2.25. The maximum atomic E-state index is 10.0. The molecule has 16 heavy (non-hydrogen) atoms. The van der Waals surface area contributed by atoms with Gasteiger partial charge in [0.15, 0.2) is 11.5 Å². The maximum absolute atomic E-state index is 10.0. The van der Waals surface area contributed by atoms with E-state index in [-0.39, 0.29) is 0 Å². The van der Waals surface area contributed by atoms with Gasteiger partial charge >= 0.3 is 0 Å². The number of hydrogen-bond acceptors (Lipinski definition) is 4. The van der Waals surface area contributed by atoms with E-state index in [1.54, 1.807) is 39.8 Å².